The molecule has 21 heavy (non-hydrogen) atoms. The van der Waals surface area contributed by atoms with Crippen LogP contribution in [0.25, 0.3) is 0 Å². The molecular formula is C11H22Cl2F3N3O2. The minimum Gasteiger partial charge on any atom is -0.366 e. The maximum Gasteiger partial charge on any atom is 0.401 e. The fourth-order valence-corrected chi connectivity index (χ4v) is 1.79. The van der Waals surface area contributed by atoms with Crippen molar-refractivity contribution in [2.24, 2.45) is 0 Å². The van der Waals surface area contributed by atoms with E-state index in [1.165, 1.54) is 11.9 Å². The summed E-state index contributed by atoms with van der Waals surface area (Å²) in [5.41, 5.74) is 0. The predicted molar refractivity (Wildman–Crippen MR) is 78.3 cm³/mol. The van der Waals surface area contributed by atoms with E-state index in [1.54, 1.807) is 0 Å². The van der Waals surface area contributed by atoms with E-state index in [-0.39, 0.29) is 37.3 Å². The molecule has 0 radical (unpaired) electrons. The maximum atomic E-state index is 12.1. The molecule has 1 unspecified atom stereocenters. The van der Waals surface area contributed by atoms with Gasteiger partial charge in [0.25, 0.3) is 0 Å². The van der Waals surface area contributed by atoms with Crippen LogP contribution in [-0.4, -0.2) is 69.5 Å². The summed E-state index contributed by atoms with van der Waals surface area (Å²) >= 11 is 0. The van der Waals surface area contributed by atoms with E-state index in [0.717, 1.165) is 6.54 Å². The number of morpholine rings is 1. The lowest BCUT2D eigenvalue weighted by Crippen LogP contribution is -2.48. The Kier molecular flexibility index (Phi) is 12.4. The molecule has 1 saturated heterocycles. The number of carbonyl (C=O) groups is 1. The minimum absolute atomic E-state index is 0. The van der Waals surface area contributed by atoms with Gasteiger partial charge in [-0.25, -0.2) is 0 Å². The van der Waals surface area contributed by atoms with Gasteiger partial charge in [0, 0.05) is 19.6 Å². The van der Waals surface area contributed by atoms with Crippen molar-refractivity contribution in [2.45, 2.75) is 18.7 Å². The van der Waals surface area contributed by atoms with E-state index >= 15 is 0 Å². The topological polar surface area (TPSA) is 53.6 Å². The lowest BCUT2D eigenvalue weighted by atomic mass is 10.3. The van der Waals surface area contributed by atoms with Gasteiger partial charge in [0.05, 0.1) is 13.2 Å². The van der Waals surface area contributed by atoms with E-state index < -0.39 is 18.8 Å². The predicted octanol–water partition coefficient (Wildman–Crippen LogP) is 0.819. The second-order valence-corrected chi connectivity index (χ2v) is 4.56. The van der Waals surface area contributed by atoms with Crippen LogP contribution in [0, 0.1) is 0 Å². The Bertz CT molecular complexity index is 290. The lowest BCUT2D eigenvalue weighted by molar-refractivity contribution is -0.143. The van der Waals surface area contributed by atoms with E-state index in [2.05, 4.69) is 10.6 Å². The van der Waals surface area contributed by atoms with E-state index in [0.29, 0.717) is 26.1 Å². The first-order valence-corrected chi connectivity index (χ1v) is 6.24. The van der Waals surface area contributed by atoms with Crippen molar-refractivity contribution in [3.8, 4) is 0 Å². The smallest absolute Gasteiger partial charge is 0.366 e. The highest BCUT2D eigenvalue weighted by Crippen LogP contribution is 2.15. The molecular weight excluding hydrogens is 334 g/mol. The Morgan fingerprint density at radius 1 is 1.43 bits per heavy atom. The van der Waals surface area contributed by atoms with Crippen LogP contribution >= 0.6 is 24.8 Å². The van der Waals surface area contributed by atoms with Crippen LogP contribution < -0.4 is 10.6 Å². The lowest BCUT2D eigenvalue weighted by Gasteiger charge is -2.23. The number of halogens is 5. The average molecular weight is 356 g/mol. The van der Waals surface area contributed by atoms with E-state index in [4.69, 9.17) is 4.74 Å². The van der Waals surface area contributed by atoms with Crippen LogP contribution in [-0.2, 0) is 9.53 Å². The van der Waals surface area contributed by atoms with Gasteiger partial charge >= 0.3 is 6.18 Å². The summed E-state index contributed by atoms with van der Waals surface area (Å²) in [4.78, 5) is 12.8. The number of rotatable bonds is 6. The van der Waals surface area contributed by atoms with Crippen LogP contribution in [0.5, 0.6) is 0 Å². The van der Waals surface area contributed by atoms with Gasteiger partial charge in [-0.15, -0.1) is 24.8 Å². The number of hydrogen-bond acceptors (Lipinski definition) is 4. The standard InChI is InChI=1S/C11H20F3N3O2.2ClH/c1-17(8-11(12,13)14)5-2-3-16-10(18)9-7-15-4-6-19-9;;/h9,15H,2-8H2,1H3,(H,16,18);2*1H. The summed E-state index contributed by atoms with van der Waals surface area (Å²) in [5, 5.41) is 5.69. The summed E-state index contributed by atoms with van der Waals surface area (Å²) in [5.74, 6) is -0.217. The van der Waals surface area contributed by atoms with Gasteiger partial charge in [-0.1, -0.05) is 0 Å². The molecule has 1 atom stereocenters. The molecule has 0 bridgehead atoms. The summed E-state index contributed by atoms with van der Waals surface area (Å²) in [6.07, 6.45) is -4.21. The monoisotopic (exact) mass is 355 g/mol. The highest BCUT2D eigenvalue weighted by Gasteiger charge is 2.28. The van der Waals surface area contributed by atoms with Crippen LogP contribution in [0.3, 0.4) is 0 Å². The average Bonchev–Trinajstić information content (AvgIpc) is 2.33. The Hall–Kier alpha value is -0.280. The molecule has 2 N–H and O–H groups in total. The number of carbonyl (C=O) groups excluding carboxylic acids is 1. The number of ether oxygens (including phenoxy) is 1. The molecule has 1 amide bonds. The first kappa shape index (κ1) is 23.0. The molecule has 0 aliphatic carbocycles. The van der Waals surface area contributed by atoms with Crippen molar-refractivity contribution in [3.05, 3.63) is 0 Å². The van der Waals surface area contributed by atoms with Gasteiger partial charge in [-0.05, 0) is 20.0 Å². The van der Waals surface area contributed by atoms with Crippen LogP contribution in [0.1, 0.15) is 6.42 Å². The van der Waals surface area contributed by atoms with E-state index in [9.17, 15) is 18.0 Å². The first-order chi connectivity index (χ1) is 8.88. The van der Waals surface area contributed by atoms with Gasteiger partial charge < -0.3 is 15.4 Å². The second-order valence-electron chi connectivity index (χ2n) is 4.56. The number of amides is 1. The molecule has 1 rings (SSSR count). The van der Waals surface area contributed by atoms with Gasteiger partial charge in [-0.2, -0.15) is 13.2 Å². The number of alkyl halides is 3. The Morgan fingerprint density at radius 2 is 2.10 bits per heavy atom. The molecule has 1 fully saturated rings. The van der Waals surface area contributed by atoms with E-state index in [1.807, 2.05) is 0 Å². The summed E-state index contributed by atoms with van der Waals surface area (Å²) in [6.45, 7) is 1.39. The number of nitrogens with one attached hydrogen (secondary N) is 2. The quantitative estimate of drug-likeness (QED) is 0.692. The molecule has 0 aromatic heterocycles. The Morgan fingerprint density at radius 3 is 2.62 bits per heavy atom. The number of nitrogens with zero attached hydrogens (tertiary/aromatic N) is 1. The fraction of sp³-hybridized carbons (Fsp3) is 0.909. The van der Waals surface area contributed by atoms with Gasteiger partial charge in [0.2, 0.25) is 5.91 Å². The zero-order chi connectivity index (χ0) is 14.3. The third-order valence-corrected chi connectivity index (χ3v) is 2.69. The summed E-state index contributed by atoms with van der Waals surface area (Å²) in [6, 6.07) is 0. The molecule has 10 heteroatoms. The molecule has 0 spiro atoms. The molecule has 0 aromatic rings. The summed E-state index contributed by atoms with van der Waals surface area (Å²) < 4.78 is 41.4. The molecule has 1 aliphatic heterocycles. The van der Waals surface area contributed by atoms with Crippen molar-refractivity contribution in [1.29, 1.82) is 0 Å². The maximum absolute atomic E-state index is 12.1. The van der Waals surface area contributed by atoms with Crippen LogP contribution in [0.4, 0.5) is 13.2 Å². The van der Waals surface area contributed by atoms with Gasteiger partial charge in [-0.3, -0.25) is 9.69 Å². The van der Waals surface area contributed by atoms with Gasteiger partial charge in [0.1, 0.15) is 6.10 Å². The molecule has 0 aromatic carbocycles. The molecule has 128 valence electrons. The Labute approximate surface area is 134 Å². The van der Waals surface area contributed by atoms with Crippen LogP contribution in [0.2, 0.25) is 0 Å². The Balaban J connectivity index is 0. The molecule has 1 heterocycles. The molecule has 0 saturated carbocycles. The fourth-order valence-electron chi connectivity index (χ4n) is 1.79. The largest absolute Gasteiger partial charge is 0.401 e. The molecule has 1 aliphatic rings. The number of hydrogen-bond donors (Lipinski definition) is 2. The zero-order valence-corrected chi connectivity index (χ0v) is 13.4. The SMILES string of the molecule is CN(CCCNC(=O)C1CNCCO1)CC(F)(F)F.Cl.Cl. The normalized spacial score (nSPS) is 18.6. The third kappa shape index (κ3) is 11.0. The summed E-state index contributed by atoms with van der Waals surface area (Å²) in [7, 11) is 1.41. The third-order valence-electron chi connectivity index (χ3n) is 2.69. The zero-order valence-electron chi connectivity index (χ0n) is 11.7. The molecule has 5 nitrogen and oxygen atoms in total. The minimum atomic E-state index is -4.18. The van der Waals surface area contributed by atoms with Crippen LogP contribution in [0.15, 0.2) is 0 Å². The first-order valence-electron chi connectivity index (χ1n) is 6.24. The highest BCUT2D eigenvalue weighted by molar-refractivity contribution is 5.85. The van der Waals surface area contributed by atoms with Crippen molar-refractivity contribution in [2.75, 3.05) is 46.4 Å². The second kappa shape index (κ2) is 11.3. The highest BCUT2D eigenvalue weighted by atomic mass is 35.5. The van der Waals surface area contributed by atoms with Gasteiger partial charge in [0.15, 0.2) is 0 Å². The van der Waals surface area contributed by atoms with Crippen molar-refractivity contribution in [3.63, 3.8) is 0 Å². The van der Waals surface area contributed by atoms with Crippen molar-refractivity contribution in [1.82, 2.24) is 15.5 Å². The van der Waals surface area contributed by atoms with Crippen molar-refractivity contribution < 1.29 is 22.7 Å². The van der Waals surface area contributed by atoms with Crippen molar-refractivity contribution >= 4 is 30.7 Å².